The second-order valence-electron chi connectivity index (χ2n) is 5.40. The van der Waals surface area contributed by atoms with Gasteiger partial charge in [0.1, 0.15) is 0 Å². The lowest BCUT2D eigenvalue weighted by molar-refractivity contribution is 0.0689. The highest BCUT2D eigenvalue weighted by Gasteiger charge is 2.17. The Morgan fingerprint density at radius 3 is 2.18 bits per heavy atom. The molecule has 0 spiro atoms. The molecule has 1 aromatic heterocycles. The van der Waals surface area contributed by atoms with E-state index in [1.807, 2.05) is 4.68 Å². The third-order valence-corrected chi connectivity index (χ3v) is 2.69. The minimum Gasteiger partial charge on any atom is -0.476 e. The van der Waals surface area contributed by atoms with Gasteiger partial charge in [0.2, 0.25) is 0 Å². The quantitative estimate of drug-likeness (QED) is 0.827. The van der Waals surface area contributed by atoms with Crippen LogP contribution in [0.15, 0.2) is 12.3 Å². The predicted molar refractivity (Wildman–Crippen MR) is 67.1 cm³/mol. The number of aromatic nitrogens is 2. The molecule has 1 rings (SSSR count). The van der Waals surface area contributed by atoms with Crippen LogP contribution in [0.25, 0.3) is 0 Å². The number of carboxylic acid groups (broad SMARTS) is 1. The van der Waals surface area contributed by atoms with Gasteiger partial charge in [-0.3, -0.25) is 4.68 Å². The maximum absolute atomic E-state index is 10.8. The molecule has 0 saturated heterocycles. The van der Waals surface area contributed by atoms with Crippen molar-refractivity contribution in [3.63, 3.8) is 0 Å². The lowest BCUT2D eigenvalue weighted by atomic mass is 9.96. The minimum atomic E-state index is -0.961. The Kier molecular flexibility index (Phi) is 4.73. The van der Waals surface area contributed by atoms with Gasteiger partial charge in [0, 0.05) is 6.20 Å². The summed E-state index contributed by atoms with van der Waals surface area (Å²) in [4.78, 5) is 10.8. The van der Waals surface area contributed by atoms with E-state index in [1.54, 1.807) is 12.3 Å². The highest BCUT2D eigenvalue weighted by atomic mass is 16.4. The molecule has 4 heteroatoms. The highest BCUT2D eigenvalue weighted by Crippen LogP contribution is 2.24. The van der Waals surface area contributed by atoms with Gasteiger partial charge in [0.05, 0.1) is 6.04 Å². The summed E-state index contributed by atoms with van der Waals surface area (Å²) in [6, 6.07) is 1.86. The monoisotopic (exact) mass is 238 g/mol. The fourth-order valence-corrected chi connectivity index (χ4v) is 2.06. The van der Waals surface area contributed by atoms with Crippen molar-refractivity contribution in [3.8, 4) is 0 Å². The summed E-state index contributed by atoms with van der Waals surface area (Å²) in [7, 11) is 0. The normalized spacial score (nSPS) is 11.7. The Morgan fingerprint density at radius 2 is 1.82 bits per heavy atom. The largest absolute Gasteiger partial charge is 0.476 e. The molecule has 0 unspecified atom stereocenters. The number of nitrogens with zero attached hydrogens (tertiary/aromatic N) is 2. The predicted octanol–water partition coefficient (Wildman–Crippen LogP) is 3.21. The van der Waals surface area contributed by atoms with E-state index in [1.165, 1.54) is 0 Å². The Labute approximate surface area is 103 Å². The van der Waals surface area contributed by atoms with Gasteiger partial charge in [-0.1, -0.05) is 27.7 Å². The molecule has 1 N–H and O–H groups in total. The van der Waals surface area contributed by atoms with E-state index >= 15 is 0 Å². The van der Waals surface area contributed by atoms with E-state index in [9.17, 15) is 4.79 Å². The molecule has 0 atom stereocenters. The molecule has 0 fully saturated rings. The van der Waals surface area contributed by atoms with E-state index < -0.39 is 5.97 Å². The fourth-order valence-electron chi connectivity index (χ4n) is 2.06. The van der Waals surface area contributed by atoms with Crippen molar-refractivity contribution in [1.29, 1.82) is 0 Å². The average Bonchev–Trinajstić information content (AvgIpc) is 2.63. The third kappa shape index (κ3) is 4.21. The van der Waals surface area contributed by atoms with E-state index in [0.29, 0.717) is 17.9 Å². The second kappa shape index (κ2) is 5.84. The summed E-state index contributed by atoms with van der Waals surface area (Å²) in [6.45, 7) is 8.70. The molecule has 0 bridgehead atoms. The first-order chi connectivity index (χ1) is 7.90. The Bertz CT molecular complexity index is 359. The molecule has 0 amide bonds. The van der Waals surface area contributed by atoms with Crippen LogP contribution in [0.4, 0.5) is 0 Å². The Hall–Kier alpha value is -1.32. The Morgan fingerprint density at radius 1 is 1.29 bits per heavy atom. The van der Waals surface area contributed by atoms with E-state index in [4.69, 9.17) is 5.11 Å². The average molecular weight is 238 g/mol. The smallest absolute Gasteiger partial charge is 0.356 e. The summed E-state index contributed by atoms with van der Waals surface area (Å²) in [5.74, 6) is 0.198. The van der Waals surface area contributed by atoms with Crippen LogP contribution in [-0.4, -0.2) is 20.9 Å². The van der Waals surface area contributed by atoms with Gasteiger partial charge < -0.3 is 5.11 Å². The highest BCUT2D eigenvalue weighted by molar-refractivity contribution is 5.85. The minimum absolute atomic E-state index is 0.127. The van der Waals surface area contributed by atoms with E-state index in [-0.39, 0.29) is 5.69 Å². The van der Waals surface area contributed by atoms with Gasteiger partial charge in [-0.2, -0.15) is 5.10 Å². The third-order valence-electron chi connectivity index (χ3n) is 2.69. The summed E-state index contributed by atoms with van der Waals surface area (Å²) >= 11 is 0. The van der Waals surface area contributed by atoms with Crippen LogP contribution >= 0.6 is 0 Å². The number of hydrogen-bond donors (Lipinski definition) is 1. The van der Waals surface area contributed by atoms with Gasteiger partial charge in [0.25, 0.3) is 0 Å². The zero-order chi connectivity index (χ0) is 13.0. The van der Waals surface area contributed by atoms with Gasteiger partial charge in [-0.25, -0.2) is 4.79 Å². The molecular weight excluding hydrogens is 216 g/mol. The topological polar surface area (TPSA) is 55.1 Å². The molecule has 0 saturated carbocycles. The molecule has 0 radical (unpaired) electrons. The summed E-state index contributed by atoms with van der Waals surface area (Å²) < 4.78 is 1.81. The van der Waals surface area contributed by atoms with Crippen molar-refractivity contribution in [3.05, 3.63) is 18.0 Å². The van der Waals surface area contributed by atoms with E-state index in [2.05, 4.69) is 32.8 Å². The molecule has 0 aliphatic rings. The summed E-state index contributed by atoms with van der Waals surface area (Å²) in [6.07, 6.45) is 3.83. The zero-order valence-corrected chi connectivity index (χ0v) is 11.1. The SMILES string of the molecule is CC(C)CC(CC(C)C)n1ccc(C(=O)O)n1. The number of rotatable bonds is 6. The maximum atomic E-state index is 10.8. The molecule has 96 valence electrons. The molecule has 1 heterocycles. The number of aromatic carboxylic acids is 1. The van der Waals surface area contributed by atoms with Crippen molar-refractivity contribution in [2.24, 2.45) is 11.8 Å². The van der Waals surface area contributed by atoms with Crippen LogP contribution in [0.1, 0.15) is 57.1 Å². The van der Waals surface area contributed by atoms with Crippen molar-refractivity contribution in [1.82, 2.24) is 9.78 Å². The number of carboxylic acids is 1. The first-order valence-corrected chi connectivity index (χ1v) is 6.18. The van der Waals surface area contributed by atoms with Crippen molar-refractivity contribution in [2.75, 3.05) is 0 Å². The lowest BCUT2D eigenvalue weighted by Crippen LogP contribution is -2.15. The number of carbonyl (C=O) groups is 1. The van der Waals surface area contributed by atoms with Crippen molar-refractivity contribution >= 4 is 5.97 Å². The first-order valence-electron chi connectivity index (χ1n) is 6.18. The molecule has 4 nitrogen and oxygen atoms in total. The van der Waals surface area contributed by atoms with Crippen LogP contribution in [0.3, 0.4) is 0 Å². The van der Waals surface area contributed by atoms with Crippen LogP contribution in [0.2, 0.25) is 0 Å². The van der Waals surface area contributed by atoms with Crippen LogP contribution < -0.4 is 0 Å². The van der Waals surface area contributed by atoms with Gasteiger partial charge >= 0.3 is 5.97 Å². The molecule has 17 heavy (non-hydrogen) atoms. The molecule has 0 aliphatic carbocycles. The van der Waals surface area contributed by atoms with Gasteiger partial charge in [-0.05, 0) is 30.7 Å². The molecule has 0 aromatic carbocycles. The summed E-state index contributed by atoms with van der Waals surface area (Å²) in [5.41, 5.74) is 0.127. The van der Waals surface area contributed by atoms with Gasteiger partial charge in [-0.15, -0.1) is 0 Å². The van der Waals surface area contributed by atoms with Crippen LogP contribution in [0.5, 0.6) is 0 Å². The van der Waals surface area contributed by atoms with E-state index in [0.717, 1.165) is 12.8 Å². The van der Waals surface area contributed by atoms with Crippen molar-refractivity contribution < 1.29 is 9.90 Å². The molecule has 1 aromatic rings. The van der Waals surface area contributed by atoms with Crippen molar-refractivity contribution in [2.45, 2.75) is 46.6 Å². The van der Waals surface area contributed by atoms with Crippen LogP contribution in [-0.2, 0) is 0 Å². The molecule has 0 aliphatic heterocycles. The first kappa shape index (κ1) is 13.7. The van der Waals surface area contributed by atoms with Gasteiger partial charge in [0.15, 0.2) is 5.69 Å². The standard InChI is InChI=1S/C13H22N2O2/c1-9(2)7-11(8-10(3)4)15-6-5-12(14-15)13(16)17/h5-6,9-11H,7-8H2,1-4H3,(H,16,17). The fraction of sp³-hybridized carbons (Fsp3) is 0.692. The zero-order valence-electron chi connectivity index (χ0n) is 11.1. The lowest BCUT2D eigenvalue weighted by Gasteiger charge is -2.21. The van der Waals surface area contributed by atoms with Crippen LogP contribution in [0, 0.1) is 11.8 Å². The summed E-state index contributed by atoms with van der Waals surface area (Å²) in [5, 5.41) is 13.0. The Balaban J connectivity index is 2.83. The second-order valence-corrected chi connectivity index (χ2v) is 5.40. The molecular formula is C13H22N2O2. The maximum Gasteiger partial charge on any atom is 0.356 e. The number of hydrogen-bond acceptors (Lipinski definition) is 2.